The number of hydrogen-bond donors (Lipinski definition) is 1. The zero-order chi connectivity index (χ0) is 16.1. The fourth-order valence-corrected chi connectivity index (χ4v) is 2.55. The quantitative estimate of drug-likeness (QED) is 0.743. The minimum Gasteiger partial charge on any atom is -0.489 e. The van der Waals surface area contributed by atoms with Crippen molar-refractivity contribution in [1.29, 1.82) is 0 Å². The van der Waals surface area contributed by atoms with E-state index in [2.05, 4.69) is 29.4 Å². The van der Waals surface area contributed by atoms with Gasteiger partial charge >= 0.3 is 0 Å². The largest absolute Gasteiger partial charge is 0.489 e. The van der Waals surface area contributed by atoms with Crippen molar-refractivity contribution < 1.29 is 4.74 Å². The van der Waals surface area contributed by atoms with Gasteiger partial charge in [-0.1, -0.05) is 42.5 Å². The van der Waals surface area contributed by atoms with E-state index in [4.69, 9.17) is 4.74 Å². The molecular formula is C20H20N2O. The predicted octanol–water partition coefficient (Wildman–Crippen LogP) is 4.68. The molecule has 0 spiro atoms. The zero-order valence-corrected chi connectivity index (χ0v) is 13.4. The number of pyridine rings is 1. The Hall–Kier alpha value is -2.81. The first-order chi connectivity index (χ1) is 11.3. The average Bonchev–Trinajstić information content (AvgIpc) is 2.61. The van der Waals surface area contributed by atoms with E-state index < -0.39 is 0 Å². The third-order valence-corrected chi connectivity index (χ3v) is 3.86. The number of hydrogen-bond acceptors (Lipinski definition) is 3. The number of ether oxygens (including phenoxy) is 1. The van der Waals surface area contributed by atoms with Crippen LogP contribution in [0.2, 0.25) is 0 Å². The van der Waals surface area contributed by atoms with E-state index in [1.807, 2.05) is 55.6 Å². The Bertz CT molecular complexity index is 785. The molecule has 0 atom stereocenters. The van der Waals surface area contributed by atoms with Crippen molar-refractivity contribution in [3.8, 4) is 17.0 Å². The van der Waals surface area contributed by atoms with Crippen LogP contribution in [0, 0.1) is 6.92 Å². The number of nitrogens with zero attached hydrogens (tertiary/aromatic N) is 1. The van der Waals surface area contributed by atoms with Crippen molar-refractivity contribution >= 4 is 5.69 Å². The van der Waals surface area contributed by atoms with Crippen LogP contribution in [0.4, 0.5) is 5.69 Å². The summed E-state index contributed by atoms with van der Waals surface area (Å²) in [6, 6.07) is 20.2. The lowest BCUT2D eigenvalue weighted by atomic mass is 10.1. The summed E-state index contributed by atoms with van der Waals surface area (Å²) >= 11 is 0. The standard InChI is InChI=1S/C20H20N2O/c1-15-7-6-10-19(21-2)18(15)14-23-17-11-12-22-20(13-17)16-8-4-3-5-9-16/h3-13,21H,14H2,1-2H3. The third kappa shape index (κ3) is 3.51. The Morgan fingerprint density at radius 1 is 1.00 bits per heavy atom. The van der Waals surface area contributed by atoms with Gasteiger partial charge in [0.25, 0.3) is 0 Å². The molecule has 0 saturated heterocycles. The monoisotopic (exact) mass is 304 g/mol. The van der Waals surface area contributed by atoms with Gasteiger partial charge in [-0.3, -0.25) is 4.98 Å². The number of benzene rings is 2. The molecule has 0 amide bonds. The molecule has 0 fully saturated rings. The molecule has 116 valence electrons. The summed E-state index contributed by atoms with van der Waals surface area (Å²) in [4.78, 5) is 4.42. The number of anilines is 1. The molecule has 3 rings (SSSR count). The molecule has 3 heteroatoms. The zero-order valence-electron chi connectivity index (χ0n) is 13.4. The van der Waals surface area contributed by atoms with Crippen molar-refractivity contribution in [1.82, 2.24) is 4.98 Å². The average molecular weight is 304 g/mol. The van der Waals surface area contributed by atoms with Crippen LogP contribution in [0.25, 0.3) is 11.3 Å². The first-order valence-corrected chi connectivity index (χ1v) is 7.68. The molecule has 3 nitrogen and oxygen atoms in total. The highest BCUT2D eigenvalue weighted by atomic mass is 16.5. The summed E-state index contributed by atoms with van der Waals surface area (Å²) in [5.41, 5.74) is 5.50. The van der Waals surface area contributed by atoms with Crippen molar-refractivity contribution in [3.63, 3.8) is 0 Å². The molecule has 0 aliphatic rings. The number of rotatable bonds is 5. The first kappa shape index (κ1) is 15.1. The van der Waals surface area contributed by atoms with E-state index in [-0.39, 0.29) is 0 Å². The maximum absolute atomic E-state index is 6.00. The Morgan fingerprint density at radius 3 is 2.61 bits per heavy atom. The molecule has 23 heavy (non-hydrogen) atoms. The maximum Gasteiger partial charge on any atom is 0.123 e. The van der Waals surface area contributed by atoms with Crippen LogP contribution in [0.1, 0.15) is 11.1 Å². The molecule has 2 aromatic carbocycles. The van der Waals surface area contributed by atoms with E-state index in [0.717, 1.165) is 22.7 Å². The lowest BCUT2D eigenvalue weighted by Crippen LogP contribution is -2.03. The van der Waals surface area contributed by atoms with Crippen LogP contribution in [-0.4, -0.2) is 12.0 Å². The summed E-state index contributed by atoms with van der Waals surface area (Å²) in [5, 5.41) is 3.22. The highest BCUT2D eigenvalue weighted by Gasteiger charge is 2.06. The van der Waals surface area contributed by atoms with Crippen LogP contribution in [-0.2, 0) is 6.61 Å². The van der Waals surface area contributed by atoms with Crippen molar-refractivity contribution in [2.75, 3.05) is 12.4 Å². The van der Waals surface area contributed by atoms with Gasteiger partial charge in [0.1, 0.15) is 12.4 Å². The van der Waals surface area contributed by atoms with E-state index in [9.17, 15) is 0 Å². The van der Waals surface area contributed by atoms with Gasteiger partial charge in [0, 0.05) is 36.1 Å². The normalized spacial score (nSPS) is 10.3. The second-order valence-corrected chi connectivity index (χ2v) is 5.38. The predicted molar refractivity (Wildman–Crippen MR) is 94.7 cm³/mol. The third-order valence-electron chi connectivity index (χ3n) is 3.86. The van der Waals surface area contributed by atoms with Gasteiger partial charge in [0.2, 0.25) is 0 Å². The van der Waals surface area contributed by atoms with Crippen LogP contribution < -0.4 is 10.1 Å². The van der Waals surface area contributed by atoms with Crippen LogP contribution >= 0.6 is 0 Å². The number of nitrogens with one attached hydrogen (secondary N) is 1. The van der Waals surface area contributed by atoms with Gasteiger partial charge < -0.3 is 10.1 Å². The summed E-state index contributed by atoms with van der Waals surface area (Å²) in [5.74, 6) is 0.823. The van der Waals surface area contributed by atoms with Crippen molar-refractivity contribution in [2.24, 2.45) is 0 Å². The maximum atomic E-state index is 6.00. The second kappa shape index (κ2) is 6.97. The topological polar surface area (TPSA) is 34.1 Å². The Balaban J connectivity index is 1.80. The molecule has 1 heterocycles. The highest BCUT2D eigenvalue weighted by Crippen LogP contribution is 2.24. The van der Waals surface area contributed by atoms with Gasteiger partial charge in [-0.15, -0.1) is 0 Å². The lowest BCUT2D eigenvalue weighted by Gasteiger charge is -2.14. The lowest BCUT2D eigenvalue weighted by molar-refractivity contribution is 0.306. The van der Waals surface area contributed by atoms with Gasteiger partial charge in [-0.05, 0) is 24.6 Å². The smallest absolute Gasteiger partial charge is 0.123 e. The highest BCUT2D eigenvalue weighted by molar-refractivity contribution is 5.60. The van der Waals surface area contributed by atoms with E-state index >= 15 is 0 Å². The fourth-order valence-electron chi connectivity index (χ4n) is 2.55. The van der Waals surface area contributed by atoms with Crippen LogP contribution in [0.5, 0.6) is 5.75 Å². The van der Waals surface area contributed by atoms with Crippen LogP contribution in [0.15, 0.2) is 66.9 Å². The van der Waals surface area contributed by atoms with Gasteiger partial charge in [0.05, 0.1) is 5.69 Å². The molecule has 0 bridgehead atoms. The van der Waals surface area contributed by atoms with E-state index in [0.29, 0.717) is 6.61 Å². The number of aromatic nitrogens is 1. The molecule has 0 saturated carbocycles. The summed E-state index contributed by atoms with van der Waals surface area (Å²) in [7, 11) is 1.93. The molecule has 0 aliphatic heterocycles. The van der Waals surface area contributed by atoms with E-state index in [1.54, 1.807) is 6.20 Å². The minimum atomic E-state index is 0.529. The first-order valence-electron chi connectivity index (χ1n) is 7.68. The second-order valence-electron chi connectivity index (χ2n) is 5.38. The molecule has 0 radical (unpaired) electrons. The molecular weight excluding hydrogens is 284 g/mol. The van der Waals surface area contributed by atoms with Crippen molar-refractivity contribution in [3.05, 3.63) is 78.0 Å². The Morgan fingerprint density at radius 2 is 1.83 bits per heavy atom. The summed E-state index contributed by atoms with van der Waals surface area (Å²) in [6.45, 7) is 2.63. The molecule has 0 aliphatic carbocycles. The van der Waals surface area contributed by atoms with Crippen molar-refractivity contribution in [2.45, 2.75) is 13.5 Å². The van der Waals surface area contributed by atoms with Gasteiger partial charge in [-0.25, -0.2) is 0 Å². The van der Waals surface area contributed by atoms with Gasteiger partial charge in [-0.2, -0.15) is 0 Å². The summed E-state index contributed by atoms with van der Waals surface area (Å²) in [6.07, 6.45) is 1.79. The fraction of sp³-hybridized carbons (Fsp3) is 0.150. The Labute approximate surface area is 137 Å². The molecule has 1 aromatic heterocycles. The number of aryl methyl sites for hydroxylation is 1. The molecule has 0 unspecified atom stereocenters. The van der Waals surface area contributed by atoms with E-state index in [1.165, 1.54) is 11.1 Å². The van der Waals surface area contributed by atoms with Gasteiger partial charge in [0.15, 0.2) is 0 Å². The van der Waals surface area contributed by atoms with Crippen LogP contribution in [0.3, 0.4) is 0 Å². The molecule has 1 N–H and O–H groups in total. The minimum absolute atomic E-state index is 0.529. The summed E-state index contributed by atoms with van der Waals surface area (Å²) < 4.78 is 6.00. The Kier molecular flexibility index (Phi) is 4.57. The SMILES string of the molecule is CNc1cccc(C)c1COc1ccnc(-c2ccccc2)c1. The molecule has 3 aromatic rings.